The van der Waals surface area contributed by atoms with Crippen molar-refractivity contribution in [3.63, 3.8) is 0 Å². The van der Waals surface area contributed by atoms with Gasteiger partial charge in [-0.25, -0.2) is 0 Å². The minimum absolute atomic E-state index is 0.0505. The fraction of sp³-hybridized carbons (Fsp3) is 0.467. The van der Waals surface area contributed by atoms with Crippen LogP contribution in [0.3, 0.4) is 0 Å². The average Bonchev–Trinajstić information content (AvgIpc) is 2.41. The molecule has 2 atom stereocenters. The number of halogens is 2. The molecule has 0 saturated carbocycles. The average molecular weight is 347 g/mol. The highest BCUT2D eigenvalue weighted by molar-refractivity contribution is 6.36. The smallest absolute Gasteiger partial charge is 0.242 e. The summed E-state index contributed by atoms with van der Waals surface area (Å²) in [6.45, 7) is 4.94. The minimum atomic E-state index is -1.03. The highest BCUT2D eigenvalue weighted by Gasteiger charge is 2.24. The Morgan fingerprint density at radius 1 is 1.23 bits per heavy atom. The van der Waals surface area contributed by atoms with E-state index in [4.69, 9.17) is 23.2 Å². The van der Waals surface area contributed by atoms with Crippen LogP contribution in [-0.4, -0.2) is 29.5 Å². The van der Waals surface area contributed by atoms with Crippen molar-refractivity contribution >= 4 is 35.0 Å². The highest BCUT2D eigenvalue weighted by atomic mass is 35.5. The first-order valence-corrected chi connectivity index (χ1v) is 7.66. The Kier molecular flexibility index (Phi) is 7.13. The van der Waals surface area contributed by atoms with E-state index in [2.05, 4.69) is 10.6 Å². The van der Waals surface area contributed by atoms with Gasteiger partial charge < -0.3 is 15.7 Å². The summed E-state index contributed by atoms with van der Waals surface area (Å²) in [5, 5.41) is 16.0. The quantitative estimate of drug-likeness (QED) is 0.739. The summed E-state index contributed by atoms with van der Waals surface area (Å²) in [5.74, 6) is -0.735. The van der Waals surface area contributed by atoms with E-state index in [0.717, 1.165) is 0 Å². The summed E-state index contributed by atoms with van der Waals surface area (Å²) in [5.41, 5.74) is 0.367. The molecule has 0 saturated heterocycles. The number of rotatable bonds is 6. The number of benzene rings is 1. The number of nitrogens with one attached hydrogen (secondary N) is 2. The molecule has 22 heavy (non-hydrogen) atoms. The molecule has 2 amide bonds. The Hall–Kier alpha value is -1.30. The molecule has 0 bridgehead atoms. The first-order valence-electron chi connectivity index (χ1n) is 6.90. The van der Waals surface area contributed by atoms with E-state index in [9.17, 15) is 14.7 Å². The van der Waals surface area contributed by atoms with Crippen LogP contribution in [0.15, 0.2) is 18.2 Å². The van der Waals surface area contributed by atoms with E-state index < -0.39 is 12.1 Å². The van der Waals surface area contributed by atoms with Crippen LogP contribution < -0.4 is 10.6 Å². The summed E-state index contributed by atoms with van der Waals surface area (Å²) in [6.07, 6.45) is -1.03. The maximum Gasteiger partial charge on any atom is 0.242 e. The molecule has 1 aromatic carbocycles. The lowest BCUT2D eigenvalue weighted by molar-refractivity contribution is -0.129. The third-order valence-corrected chi connectivity index (χ3v) is 3.77. The van der Waals surface area contributed by atoms with Crippen LogP contribution >= 0.6 is 23.2 Å². The molecule has 0 spiro atoms. The maximum atomic E-state index is 12.1. The van der Waals surface area contributed by atoms with Crippen LogP contribution in [0, 0.1) is 5.92 Å². The van der Waals surface area contributed by atoms with Crippen molar-refractivity contribution in [3.8, 4) is 0 Å². The van der Waals surface area contributed by atoms with Gasteiger partial charge in [0.15, 0.2) is 0 Å². The second-order valence-electron chi connectivity index (χ2n) is 5.32. The van der Waals surface area contributed by atoms with Gasteiger partial charge in [-0.05, 0) is 18.1 Å². The molecule has 0 aromatic heterocycles. The molecule has 0 aliphatic carbocycles. The zero-order valence-electron chi connectivity index (χ0n) is 12.7. The molecule has 0 aliphatic rings. The van der Waals surface area contributed by atoms with Gasteiger partial charge in [0.2, 0.25) is 11.8 Å². The van der Waals surface area contributed by atoms with E-state index >= 15 is 0 Å². The lowest BCUT2D eigenvalue weighted by Crippen LogP contribution is -2.49. The minimum Gasteiger partial charge on any atom is -0.386 e. The second kappa shape index (κ2) is 8.36. The molecular weight excluding hydrogens is 327 g/mol. The lowest BCUT2D eigenvalue weighted by atomic mass is 10.0. The zero-order valence-corrected chi connectivity index (χ0v) is 14.2. The van der Waals surface area contributed by atoms with E-state index in [0.29, 0.717) is 15.6 Å². The normalized spacial score (nSPS) is 13.6. The van der Waals surface area contributed by atoms with Gasteiger partial charge in [0.25, 0.3) is 0 Å². The van der Waals surface area contributed by atoms with E-state index in [1.54, 1.807) is 18.2 Å². The van der Waals surface area contributed by atoms with Crippen LogP contribution in [0.25, 0.3) is 0 Å². The predicted molar refractivity (Wildman–Crippen MR) is 86.9 cm³/mol. The molecule has 122 valence electrons. The Morgan fingerprint density at radius 3 is 2.23 bits per heavy atom. The first-order chi connectivity index (χ1) is 10.2. The van der Waals surface area contributed by atoms with Crippen molar-refractivity contribution in [3.05, 3.63) is 33.8 Å². The largest absolute Gasteiger partial charge is 0.386 e. The van der Waals surface area contributed by atoms with Crippen LogP contribution in [0.2, 0.25) is 10.0 Å². The molecular formula is C15H20Cl2N2O3. The number of aliphatic hydroxyl groups excluding tert-OH is 1. The number of aliphatic hydroxyl groups is 1. The van der Waals surface area contributed by atoms with Gasteiger partial charge in [-0.2, -0.15) is 0 Å². The number of hydrogen-bond acceptors (Lipinski definition) is 3. The number of hydrogen-bond donors (Lipinski definition) is 3. The molecule has 0 radical (unpaired) electrons. The maximum absolute atomic E-state index is 12.1. The van der Waals surface area contributed by atoms with Crippen LogP contribution in [0.5, 0.6) is 0 Å². The molecule has 0 heterocycles. The number of amides is 2. The SMILES string of the molecule is CC(=O)NC(C(=O)NCC(O)c1c(Cl)cccc1Cl)C(C)C. The molecule has 0 aliphatic heterocycles. The van der Waals surface area contributed by atoms with Gasteiger partial charge in [0.05, 0.1) is 6.10 Å². The zero-order chi connectivity index (χ0) is 16.9. The van der Waals surface area contributed by atoms with Gasteiger partial charge in [-0.15, -0.1) is 0 Å². The summed E-state index contributed by atoms with van der Waals surface area (Å²) in [7, 11) is 0. The van der Waals surface area contributed by atoms with E-state index in [1.165, 1.54) is 6.92 Å². The molecule has 3 N–H and O–H groups in total. The van der Waals surface area contributed by atoms with Crippen molar-refractivity contribution in [1.29, 1.82) is 0 Å². The Morgan fingerprint density at radius 2 is 1.77 bits per heavy atom. The Bertz CT molecular complexity index is 529. The van der Waals surface area contributed by atoms with Crippen molar-refractivity contribution in [2.75, 3.05) is 6.54 Å². The number of carbonyl (C=O) groups is 2. The molecule has 0 fully saturated rings. The predicted octanol–water partition coefficient (Wildman–Crippen LogP) is 2.30. The van der Waals surface area contributed by atoms with Gasteiger partial charge >= 0.3 is 0 Å². The fourth-order valence-corrected chi connectivity index (χ4v) is 2.64. The molecule has 5 nitrogen and oxygen atoms in total. The van der Waals surface area contributed by atoms with Crippen molar-refractivity contribution in [2.24, 2.45) is 5.92 Å². The Balaban J connectivity index is 2.71. The van der Waals surface area contributed by atoms with Crippen LogP contribution in [0.1, 0.15) is 32.4 Å². The number of carbonyl (C=O) groups excluding carboxylic acids is 2. The van der Waals surface area contributed by atoms with Gasteiger partial charge in [-0.3, -0.25) is 9.59 Å². The molecule has 1 aromatic rings. The van der Waals surface area contributed by atoms with Crippen LogP contribution in [0.4, 0.5) is 0 Å². The highest BCUT2D eigenvalue weighted by Crippen LogP contribution is 2.29. The molecule has 1 rings (SSSR count). The van der Waals surface area contributed by atoms with E-state index in [-0.39, 0.29) is 24.3 Å². The van der Waals surface area contributed by atoms with Crippen molar-refractivity contribution in [2.45, 2.75) is 32.9 Å². The summed E-state index contributed by atoms with van der Waals surface area (Å²) in [6, 6.07) is 4.24. The van der Waals surface area contributed by atoms with Gasteiger partial charge in [0, 0.05) is 29.1 Å². The van der Waals surface area contributed by atoms with Gasteiger partial charge in [0.1, 0.15) is 6.04 Å². The lowest BCUT2D eigenvalue weighted by Gasteiger charge is -2.22. The summed E-state index contributed by atoms with van der Waals surface area (Å²) in [4.78, 5) is 23.3. The third kappa shape index (κ3) is 5.16. The van der Waals surface area contributed by atoms with Crippen LogP contribution in [-0.2, 0) is 9.59 Å². The Labute approximate surface area is 140 Å². The molecule has 2 unspecified atom stereocenters. The van der Waals surface area contributed by atoms with Crippen molar-refractivity contribution in [1.82, 2.24) is 10.6 Å². The first kappa shape index (κ1) is 18.7. The van der Waals surface area contributed by atoms with E-state index in [1.807, 2.05) is 13.8 Å². The fourth-order valence-electron chi connectivity index (χ4n) is 1.99. The van der Waals surface area contributed by atoms with Crippen molar-refractivity contribution < 1.29 is 14.7 Å². The monoisotopic (exact) mass is 346 g/mol. The third-order valence-electron chi connectivity index (χ3n) is 3.11. The standard InChI is InChI=1S/C15H20Cl2N2O3/c1-8(2)14(19-9(3)20)15(22)18-7-12(21)13-10(16)5-4-6-11(13)17/h4-6,8,12,14,21H,7H2,1-3H3,(H,18,22)(H,19,20). The summed E-state index contributed by atoms with van der Waals surface area (Å²) >= 11 is 12.0. The van der Waals surface area contributed by atoms with Gasteiger partial charge in [-0.1, -0.05) is 43.1 Å². The second-order valence-corrected chi connectivity index (χ2v) is 6.13. The summed E-state index contributed by atoms with van der Waals surface area (Å²) < 4.78 is 0. The molecule has 7 heteroatoms. The topological polar surface area (TPSA) is 78.4 Å².